The summed E-state index contributed by atoms with van der Waals surface area (Å²) in [6.07, 6.45) is -6.75. The molecule has 0 radical (unpaired) electrons. The Morgan fingerprint density at radius 3 is 1.37 bits per heavy atom. The van der Waals surface area contributed by atoms with E-state index in [0.29, 0.717) is 6.42 Å². The first-order valence-corrected chi connectivity index (χ1v) is 32.2. The van der Waals surface area contributed by atoms with Crippen LogP contribution in [0.2, 0.25) is 0 Å². The quantitative estimate of drug-likeness (QED) is 0.0269. The first-order valence-electron chi connectivity index (χ1n) is 32.2. The number of aliphatic hydroxyl groups is 2. The monoisotopic (exact) mass is 1480 g/mol. The summed E-state index contributed by atoms with van der Waals surface area (Å²) >= 11 is 0. The molecule has 1 saturated heterocycles. The standard InChI is InChI=1S/C60H90N18O26/c1-28(67-51(94)31(12-15-41(63)81)68-44(84)24-62)49(92)69-30(10-5-6-18-61)50(93)66-25-45(85)78-19-7-11-40(78)59(102)71-33(14-17-47(88)89)53(96)76-39(27-80)58(101)77-38(26-79)57(100)72-34(20-29-8-3-2-4-9-29)54(97)73-35(21-42(64)82)55(98)74-36(23-48(90)91)56(99)70-32(13-16-46(86)87)52(95)75-37(60(103)104)22-43(65)83/h2-4,8-9,28,30-40,79-80H,5-7,10-27,61-62H2,1H3,(H2,63,81)(H2,64,82)(H2,65,83)(H,66,93)(H,67,94)(H,68,84)(H,69,92)(H,70,99)(H,71,102)(H,72,100)(H,73,97)(H,74,98)(H,75,95)(H,76,96)(H,77,101)(H,86,87)(H,88,89)(H,90,91)(H,103,104)/t28-,30-,31-,32-,33-,34-,35-,36-,37-,38-,39-,40-/m0/s1. The maximum atomic E-state index is 14.2. The number of nitrogens with two attached hydrogens (primary N) is 5. The van der Waals surface area contributed by atoms with Gasteiger partial charge in [-0.15, -0.1) is 0 Å². The molecule has 104 heavy (non-hydrogen) atoms. The molecule has 0 bridgehead atoms. The second kappa shape index (κ2) is 45.4. The molecule has 1 aliphatic heterocycles. The van der Waals surface area contributed by atoms with Gasteiger partial charge < -0.3 is 128 Å². The zero-order valence-electron chi connectivity index (χ0n) is 56.3. The number of nitrogens with one attached hydrogen (secondary N) is 12. The van der Waals surface area contributed by atoms with E-state index in [4.69, 9.17) is 28.7 Å². The van der Waals surface area contributed by atoms with Crippen LogP contribution in [0.15, 0.2) is 30.3 Å². The smallest absolute Gasteiger partial charge is 0.326 e. The fraction of sp³-hybridized carbons (Fsp3) is 0.567. The second-order valence-electron chi connectivity index (χ2n) is 23.6. The van der Waals surface area contributed by atoms with Crippen molar-refractivity contribution in [2.45, 2.75) is 176 Å². The predicted molar refractivity (Wildman–Crippen MR) is 351 cm³/mol. The molecule has 0 unspecified atom stereocenters. The first-order chi connectivity index (χ1) is 48.9. The maximum absolute atomic E-state index is 14.2. The molecule has 44 heteroatoms. The van der Waals surface area contributed by atoms with Crippen molar-refractivity contribution in [1.82, 2.24) is 68.7 Å². The highest BCUT2D eigenvalue weighted by molar-refractivity contribution is 6.01. The fourth-order valence-electron chi connectivity index (χ4n) is 9.86. The van der Waals surface area contributed by atoms with Crippen molar-refractivity contribution >= 4 is 118 Å². The van der Waals surface area contributed by atoms with Crippen molar-refractivity contribution in [3.05, 3.63) is 35.9 Å². The first kappa shape index (κ1) is 88.5. The minimum Gasteiger partial charge on any atom is -0.481 e. The summed E-state index contributed by atoms with van der Waals surface area (Å²) in [5, 5.41) is 85.0. The third-order valence-electron chi connectivity index (χ3n) is 15.3. The summed E-state index contributed by atoms with van der Waals surface area (Å²) in [7, 11) is 0. The van der Waals surface area contributed by atoms with Gasteiger partial charge in [-0.05, 0) is 70.4 Å². The number of carboxylic acid groups (broad SMARTS) is 4. The van der Waals surface area contributed by atoms with Crippen LogP contribution in [-0.4, -0.2) is 266 Å². The highest BCUT2D eigenvalue weighted by Crippen LogP contribution is 2.19. The summed E-state index contributed by atoms with van der Waals surface area (Å²) in [6.45, 7) is -2.46. The van der Waals surface area contributed by atoms with Crippen molar-refractivity contribution in [3.8, 4) is 0 Å². The van der Waals surface area contributed by atoms with Crippen molar-refractivity contribution < 1.29 is 127 Å². The summed E-state index contributed by atoms with van der Waals surface area (Å²) in [4.78, 5) is 259. The van der Waals surface area contributed by atoms with Crippen LogP contribution in [0.4, 0.5) is 0 Å². The molecule has 0 spiro atoms. The SMILES string of the molecule is C[C@H](NC(=O)[C@H](CCC(N)=O)NC(=O)CN)C(=O)N[C@@H](CCCCN)C(=O)NCC(=O)N1CCC[C@H]1C(=O)N[C@@H](CCC(=O)O)C(=O)N[C@@H](CO)C(=O)N[C@@H](CO)C(=O)N[C@@H](Cc1ccccc1)C(=O)N[C@@H](CC(N)=O)C(=O)N[C@@H](CC(=O)O)C(=O)N[C@@H](CCC(=O)O)C(=O)N[C@@H](CC(N)=O)C(=O)O. The zero-order valence-corrected chi connectivity index (χ0v) is 56.3. The Kier molecular flexibility index (Phi) is 38.6. The Morgan fingerprint density at radius 2 is 0.875 bits per heavy atom. The number of aliphatic hydroxyl groups excluding tert-OH is 2. The van der Waals surface area contributed by atoms with Crippen molar-refractivity contribution in [2.75, 3.05) is 39.4 Å². The highest BCUT2D eigenvalue weighted by atomic mass is 16.4. The molecule has 12 atom stereocenters. The van der Waals surface area contributed by atoms with E-state index in [1.807, 2.05) is 21.3 Å². The lowest BCUT2D eigenvalue weighted by molar-refractivity contribution is -0.144. The van der Waals surface area contributed by atoms with Crippen LogP contribution in [0.5, 0.6) is 0 Å². The number of nitrogens with zero attached hydrogens (tertiary/aromatic N) is 1. The van der Waals surface area contributed by atoms with E-state index in [1.54, 1.807) is 6.07 Å². The average Bonchev–Trinajstić information content (AvgIpc) is 0.917. The van der Waals surface area contributed by atoms with Gasteiger partial charge in [-0.2, -0.15) is 0 Å². The van der Waals surface area contributed by atoms with Gasteiger partial charge in [0.2, 0.25) is 94.5 Å². The van der Waals surface area contributed by atoms with Crippen molar-refractivity contribution in [2.24, 2.45) is 28.7 Å². The van der Waals surface area contributed by atoms with E-state index < -0.39 is 269 Å². The van der Waals surface area contributed by atoms with Crippen LogP contribution in [0, 0.1) is 0 Å². The molecule has 28 N–H and O–H groups in total. The van der Waals surface area contributed by atoms with Gasteiger partial charge in [-0.1, -0.05) is 30.3 Å². The Labute approximate surface area is 591 Å². The van der Waals surface area contributed by atoms with E-state index in [2.05, 4.69) is 42.5 Å². The van der Waals surface area contributed by atoms with Gasteiger partial charge in [0.1, 0.15) is 72.5 Å². The van der Waals surface area contributed by atoms with Gasteiger partial charge in [-0.25, -0.2) is 4.79 Å². The molecule has 0 saturated carbocycles. The third kappa shape index (κ3) is 32.4. The van der Waals surface area contributed by atoms with Gasteiger partial charge in [0.25, 0.3) is 0 Å². The Bertz CT molecular complexity index is 3290. The average molecular weight is 1480 g/mol. The number of benzene rings is 1. The molecule has 1 aliphatic rings. The van der Waals surface area contributed by atoms with Crippen LogP contribution in [0.1, 0.15) is 102 Å². The Morgan fingerprint density at radius 1 is 0.452 bits per heavy atom. The number of likely N-dealkylation sites (tertiary alicyclic amines) is 1. The number of hydrogen-bond acceptors (Lipinski definition) is 24. The predicted octanol–water partition coefficient (Wildman–Crippen LogP) is -11.9. The number of rotatable bonds is 49. The summed E-state index contributed by atoms with van der Waals surface area (Å²) in [5.74, 6) is -25.1. The molecule has 16 amide bonds. The molecular formula is C60H90N18O26. The number of carbonyl (C=O) groups is 20. The number of aliphatic carboxylic acids is 4. The molecule has 0 aromatic heterocycles. The number of hydrogen-bond donors (Lipinski definition) is 23. The van der Waals surface area contributed by atoms with E-state index in [1.165, 1.54) is 31.2 Å². The van der Waals surface area contributed by atoms with Gasteiger partial charge >= 0.3 is 23.9 Å². The molecule has 1 fully saturated rings. The number of amides is 16. The van der Waals surface area contributed by atoms with Gasteiger partial charge in [0.15, 0.2) is 0 Å². The largest absolute Gasteiger partial charge is 0.481 e. The summed E-state index contributed by atoms with van der Waals surface area (Å²) < 4.78 is 0. The van der Waals surface area contributed by atoms with Crippen LogP contribution in [0.3, 0.4) is 0 Å². The molecule has 1 aromatic rings. The van der Waals surface area contributed by atoms with E-state index in [9.17, 15) is 127 Å². The van der Waals surface area contributed by atoms with Crippen LogP contribution in [0.25, 0.3) is 0 Å². The maximum Gasteiger partial charge on any atom is 0.326 e. The van der Waals surface area contributed by atoms with Gasteiger partial charge in [0, 0.05) is 32.2 Å². The zero-order chi connectivity index (χ0) is 78.5. The highest BCUT2D eigenvalue weighted by Gasteiger charge is 2.40. The molecule has 1 heterocycles. The van der Waals surface area contributed by atoms with Crippen molar-refractivity contribution in [1.29, 1.82) is 0 Å². The number of carboxylic acids is 4. The number of unbranched alkanes of at least 4 members (excludes halogenated alkanes) is 1. The Balaban J connectivity index is 2.34. The second-order valence-corrected chi connectivity index (χ2v) is 23.6. The van der Waals surface area contributed by atoms with E-state index >= 15 is 0 Å². The summed E-state index contributed by atoms with van der Waals surface area (Å²) in [5.41, 5.74) is 26.9. The van der Waals surface area contributed by atoms with Crippen LogP contribution >= 0.6 is 0 Å². The third-order valence-corrected chi connectivity index (χ3v) is 15.3. The van der Waals surface area contributed by atoms with Gasteiger partial charge in [0.05, 0.1) is 45.6 Å². The molecule has 44 nitrogen and oxygen atoms in total. The van der Waals surface area contributed by atoms with E-state index in [-0.39, 0.29) is 57.2 Å². The summed E-state index contributed by atoms with van der Waals surface area (Å²) in [6, 6.07) is -14.1. The topological polar surface area (TPSA) is 740 Å². The lowest BCUT2D eigenvalue weighted by atomic mass is 10.0. The minimum atomic E-state index is -2.24. The van der Waals surface area contributed by atoms with Crippen LogP contribution < -0.4 is 92.5 Å². The van der Waals surface area contributed by atoms with Gasteiger partial charge in [-0.3, -0.25) is 91.1 Å². The number of primary amides is 3. The molecule has 576 valence electrons. The number of carbonyl (C=O) groups excluding carboxylic acids is 16. The lowest BCUT2D eigenvalue weighted by Crippen LogP contribution is -2.62. The molecular weight excluding hydrogens is 1390 g/mol. The Hall–Kier alpha value is -11.5. The molecule has 2 rings (SSSR count). The molecule has 1 aromatic carbocycles. The van der Waals surface area contributed by atoms with Crippen molar-refractivity contribution in [3.63, 3.8) is 0 Å². The minimum absolute atomic E-state index is 0.0209. The normalized spacial score (nSPS) is 15.5. The lowest BCUT2D eigenvalue weighted by Gasteiger charge is -2.28. The van der Waals surface area contributed by atoms with Crippen LogP contribution in [-0.2, 0) is 102 Å². The molecule has 0 aliphatic carbocycles. The fourth-order valence-corrected chi connectivity index (χ4v) is 9.86. The van der Waals surface area contributed by atoms with E-state index in [0.717, 1.165) is 4.90 Å².